The Morgan fingerprint density at radius 3 is 2.48 bits per heavy atom. The summed E-state index contributed by atoms with van der Waals surface area (Å²) in [5.74, 6) is -0.916. The second-order valence-corrected chi connectivity index (χ2v) is 6.39. The van der Waals surface area contributed by atoms with Crippen LogP contribution in [0.25, 0.3) is 22.6 Å². The van der Waals surface area contributed by atoms with Crippen LogP contribution in [-0.2, 0) is 6.61 Å². The lowest BCUT2D eigenvalue weighted by Gasteiger charge is -2.08. The summed E-state index contributed by atoms with van der Waals surface area (Å²) >= 11 is 0. The molecule has 0 atom stereocenters. The molecule has 0 aliphatic rings. The molecule has 0 radical (unpaired) electrons. The van der Waals surface area contributed by atoms with Crippen LogP contribution in [0.4, 0.5) is 13.2 Å². The molecule has 4 rings (SSSR count). The molecule has 1 aromatic carbocycles. The van der Waals surface area contributed by atoms with Crippen LogP contribution in [0.5, 0.6) is 5.75 Å². The van der Waals surface area contributed by atoms with Gasteiger partial charge in [-0.15, -0.1) is 0 Å². The second kappa shape index (κ2) is 7.75. The Hall–Kier alpha value is -3.68. The summed E-state index contributed by atoms with van der Waals surface area (Å²) in [6, 6.07) is 8.42. The van der Waals surface area contributed by atoms with Gasteiger partial charge in [-0.1, -0.05) is 0 Å². The minimum atomic E-state index is -0.595. The number of hydrogen-bond donors (Lipinski definition) is 1. The Bertz CT molecular complexity index is 1160. The van der Waals surface area contributed by atoms with E-state index >= 15 is 0 Å². The van der Waals surface area contributed by atoms with Crippen LogP contribution in [-0.4, -0.2) is 19.9 Å². The van der Waals surface area contributed by atoms with E-state index in [9.17, 15) is 13.2 Å². The monoisotopic (exact) mass is 396 g/mol. The third kappa shape index (κ3) is 4.11. The fourth-order valence-electron chi connectivity index (χ4n) is 2.74. The summed E-state index contributed by atoms with van der Waals surface area (Å²) < 4.78 is 46.8. The number of aromatic nitrogens is 4. The first-order valence-electron chi connectivity index (χ1n) is 8.70. The number of nitrogens with one attached hydrogen (secondary N) is 1. The molecule has 0 fully saturated rings. The van der Waals surface area contributed by atoms with E-state index < -0.39 is 17.6 Å². The second-order valence-electron chi connectivity index (χ2n) is 6.39. The Kier molecular flexibility index (Phi) is 4.99. The zero-order valence-electron chi connectivity index (χ0n) is 15.3. The third-order valence-electron chi connectivity index (χ3n) is 4.24. The number of H-pyrrole nitrogens is 1. The molecule has 3 aromatic heterocycles. The van der Waals surface area contributed by atoms with Crippen molar-refractivity contribution in [3.63, 3.8) is 0 Å². The Morgan fingerprint density at radius 2 is 1.76 bits per heavy atom. The van der Waals surface area contributed by atoms with E-state index in [1.807, 2.05) is 0 Å². The number of nitrogens with zero attached hydrogens (tertiary/aromatic N) is 3. The van der Waals surface area contributed by atoms with Gasteiger partial charge in [-0.05, 0) is 42.8 Å². The highest BCUT2D eigenvalue weighted by molar-refractivity contribution is 5.65. The lowest BCUT2D eigenvalue weighted by Crippen LogP contribution is -2.02. The smallest absolute Gasteiger partial charge is 0.212 e. The van der Waals surface area contributed by atoms with Gasteiger partial charge in [0.25, 0.3) is 0 Å². The van der Waals surface area contributed by atoms with Crippen molar-refractivity contribution >= 4 is 0 Å². The van der Waals surface area contributed by atoms with E-state index in [4.69, 9.17) is 4.74 Å². The van der Waals surface area contributed by atoms with Gasteiger partial charge < -0.3 is 9.72 Å². The lowest BCUT2D eigenvalue weighted by atomic mass is 10.1. The SMILES string of the molecule is Cc1cnc(COc2ccc(-c3cnc(-c4ccc(F)nc4)[nH]3)c(F)c2)c(F)c1. The first kappa shape index (κ1) is 18.7. The first-order valence-corrected chi connectivity index (χ1v) is 8.70. The summed E-state index contributed by atoms with van der Waals surface area (Å²) in [5, 5.41) is 0. The van der Waals surface area contributed by atoms with E-state index in [1.54, 1.807) is 13.0 Å². The maximum atomic E-state index is 14.6. The molecular weight excluding hydrogens is 381 g/mol. The molecule has 0 bridgehead atoms. The zero-order valence-corrected chi connectivity index (χ0v) is 15.3. The van der Waals surface area contributed by atoms with Gasteiger partial charge in [0.1, 0.15) is 35.5 Å². The van der Waals surface area contributed by atoms with Crippen molar-refractivity contribution in [1.29, 1.82) is 0 Å². The number of benzene rings is 1. The van der Waals surface area contributed by atoms with Crippen LogP contribution in [0.2, 0.25) is 0 Å². The minimum absolute atomic E-state index is 0.114. The van der Waals surface area contributed by atoms with Crippen molar-refractivity contribution in [2.45, 2.75) is 13.5 Å². The van der Waals surface area contributed by atoms with Crippen LogP contribution in [0.15, 0.2) is 55.0 Å². The molecule has 0 amide bonds. The molecule has 146 valence electrons. The first-order chi connectivity index (χ1) is 14.0. The highest BCUT2D eigenvalue weighted by atomic mass is 19.1. The zero-order chi connectivity index (χ0) is 20.4. The molecule has 8 heteroatoms. The van der Waals surface area contributed by atoms with Crippen LogP contribution in [0, 0.1) is 24.5 Å². The predicted octanol–water partition coefficient (Wildman–Crippen LogP) is 4.84. The van der Waals surface area contributed by atoms with Crippen molar-refractivity contribution in [3.05, 3.63) is 83.8 Å². The number of aromatic amines is 1. The number of hydrogen-bond acceptors (Lipinski definition) is 4. The minimum Gasteiger partial charge on any atom is -0.487 e. The Balaban J connectivity index is 1.51. The van der Waals surface area contributed by atoms with Crippen molar-refractivity contribution in [1.82, 2.24) is 19.9 Å². The molecule has 1 N–H and O–H groups in total. The van der Waals surface area contributed by atoms with Crippen LogP contribution in [0.1, 0.15) is 11.3 Å². The number of aryl methyl sites for hydroxylation is 1. The van der Waals surface area contributed by atoms with Crippen molar-refractivity contribution in [2.24, 2.45) is 0 Å². The van der Waals surface area contributed by atoms with E-state index in [0.29, 0.717) is 22.6 Å². The molecule has 5 nitrogen and oxygen atoms in total. The topological polar surface area (TPSA) is 63.7 Å². The van der Waals surface area contributed by atoms with Crippen LogP contribution >= 0.6 is 0 Å². The quantitative estimate of drug-likeness (QED) is 0.491. The fourth-order valence-corrected chi connectivity index (χ4v) is 2.74. The highest BCUT2D eigenvalue weighted by Gasteiger charge is 2.12. The average molecular weight is 396 g/mol. The Labute approximate surface area is 164 Å². The molecular formula is C21H15F3N4O. The molecule has 0 saturated heterocycles. The van der Waals surface area contributed by atoms with Crippen molar-refractivity contribution in [3.8, 4) is 28.4 Å². The fraction of sp³-hybridized carbons (Fsp3) is 0.0952. The average Bonchev–Trinajstić information content (AvgIpc) is 3.18. The maximum absolute atomic E-state index is 14.6. The standard InChI is InChI=1S/C21H15F3N4O/c1-12-6-17(23)19(25-8-12)11-29-14-3-4-15(16(22)7-14)18-10-27-21(28-18)13-2-5-20(24)26-9-13/h2-10H,11H2,1H3,(H,27,28). The van der Waals surface area contributed by atoms with Gasteiger partial charge >= 0.3 is 0 Å². The molecule has 0 aliphatic heterocycles. The predicted molar refractivity (Wildman–Crippen MR) is 100 cm³/mol. The molecule has 0 saturated carbocycles. The number of imidazole rings is 1. The Morgan fingerprint density at radius 1 is 0.897 bits per heavy atom. The van der Waals surface area contributed by atoms with E-state index in [1.165, 1.54) is 48.9 Å². The van der Waals surface area contributed by atoms with Gasteiger partial charge in [0.05, 0.1) is 11.9 Å². The summed E-state index contributed by atoms with van der Waals surface area (Å²) in [5.41, 5.74) is 2.15. The van der Waals surface area contributed by atoms with Crippen molar-refractivity contribution in [2.75, 3.05) is 0 Å². The molecule has 0 aliphatic carbocycles. The molecule has 4 aromatic rings. The van der Waals surface area contributed by atoms with Crippen molar-refractivity contribution < 1.29 is 17.9 Å². The summed E-state index contributed by atoms with van der Waals surface area (Å²) in [6.07, 6.45) is 4.35. The number of pyridine rings is 2. The van der Waals surface area contributed by atoms with Crippen LogP contribution in [0.3, 0.4) is 0 Å². The number of rotatable bonds is 5. The third-order valence-corrected chi connectivity index (χ3v) is 4.24. The van der Waals surface area contributed by atoms with Gasteiger partial charge in [0.2, 0.25) is 5.95 Å². The summed E-state index contributed by atoms with van der Waals surface area (Å²) in [4.78, 5) is 14.7. The molecule has 29 heavy (non-hydrogen) atoms. The molecule has 0 unspecified atom stereocenters. The lowest BCUT2D eigenvalue weighted by molar-refractivity contribution is 0.292. The largest absolute Gasteiger partial charge is 0.487 e. The number of halogens is 3. The van der Waals surface area contributed by atoms with E-state index in [0.717, 1.165) is 0 Å². The number of ether oxygens (including phenoxy) is 1. The van der Waals surface area contributed by atoms with Gasteiger partial charge in [-0.25, -0.2) is 18.7 Å². The highest BCUT2D eigenvalue weighted by Crippen LogP contribution is 2.27. The summed E-state index contributed by atoms with van der Waals surface area (Å²) in [6.45, 7) is 1.62. The van der Waals surface area contributed by atoms with Gasteiger partial charge in [-0.2, -0.15) is 4.39 Å². The molecule has 3 heterocycles. The van der Waals surface area contributed by atoms with Gasteiger partial charge in [-0.3, -0.25) is 4.98 Å². The van der Waals surface area contributed by atoms with Gasteiger partial charge in [0.15, 0.2) is 0 Å². The van der Waals surface area contributed by atoms with E-state index in [-0.39, 0.29) is 23.6 Å². The molecule has 0 spiro atoms. The maximum Gasteiger partial charge on any atom is 0.212 e. The summed E-state index contributed by atoms with van der Waals surface area (Å²) in [7, 11) is 0. The van der Waals surface area contributed by atoms with Gasteiger partial charge in [0, 0.05) is 29.6 Å². The van der Waals surface area contributed by atoms with Crippen LogP contribution < -0.4 is 4.74 Å². The van der Waals surface area contributed by atoms with E-state index in [2.05, 4.69) is 19.9 Å². The normalized spacial score (nSPS) is 10.9.